The fourth-order valence-electron chi connectivity index (χ4n) is 1.64. The number of aryl methyl sites for hydroxylation is 2. The van der Waals surface area contributed by atoms with Crippen LogP contribution in [0.4, 0.5) is 5.82 Å². The minimum Gasteiger partial charge on any atom is -0.304 e. The maximum Gasteiger partial charge on any atom is 0.296 e. The van der Waals surface area contributed by atoms with E-state index in [1.54, 1.807) is 18.5 Å². The van der Waals surface area contributed by atoms with Gasteiger partial charge in [0.05, 0.1) is 6.20 Å². The Bertz CT molecular complexity index is 757. The molecule has 0 fully saturated rings. The second-order valence-corrected chi connectivity index (χ2v) is 4.12. The number of aromatic amines is 1. The van der Waals surface area contributed by atoms with Crippen LogP contribution >= 0.6 is 0 Å². The number of hydrogen-bond acceptors (Lipinski definition) is 5. The van der Waals surface area contributed by atoms with Gasteiger partial charge >= 0.3 is 0 Å². The van der Waals surface area contributed by atoms with Crippen LogP contribution in [0.5, 0.6) is 0 Å². The second-order valence-electron chi connectivity index (χ2n) is 4.12. The molecule has 3 heterocycles. The first-order chi connectivity index (χ1) is 9.15. The van der Waals surface area contributed by atoms with E-state index in [-0.39, 0.29) is 5.82 Å². The average Bonchev–Trinajstić information content (AvgIpc) is 2.97. The van der Waals surface area contributed by atoms with Gasteiger partial charge in [0.25, 0.3) is 11.7 Å². The first kappa shape index (κ1) is 11.3. The van der Waals surface area contributed by atoms with Gasteiger partial charge in [-0.1, -0.05) is 0 Å². The molecule has 0 saturated heterocycles. The number of H-pyrrole nitrogens is 1. The summed E-state index contributed by atoms with van der Waals surface area (Å²) in [5.41, 5.74) is 1.70. The molecule has 1 amide bonds. The van der Waals surface area contributed by atoms with E-state index in [1.165, 1.54) is 4.52 Å². The van der Waals surface area contributed by atoms with Gasteiger partial charge in [-0.05, 0) is 19.9 Å². The van der Waals surface area contributed by atoms with Gasteiger partial charge in [-0.3, -0.25) is 9.89 Å². The van der Waals surface area contributed by atoms with Gasteiger partial charge < -0.3 is 5.32 Å². The molecule has 3 rings (SSSR count). The minimum absolute atomic E-state index is 0.0656. The van der Waals surface area contributed by atoms with E-state index in [9.17, 15) is 4.79 Å². The average molecular weight is 257 g/mol. The van der Waals surface area contributed by atoms with Gasteiger partial charge in [0.1, 0.15) is 5.82 Å². The Labute approximate surface area is 107 Å². The summed E-state index contributed by atoms with van der Waals surface area (Å²) in [4.78, 5) is 20.1. The predicted octanol–water partition coefficient (Wildman–Crippen LogP) is 0.717. The summed E-state index contributed by atoms with van der Waals surface area (Å²) in [7, 11) is 0. The molecule has 19 heavy (non-hydrogen) atoms. The minimum atomic E-state index is -0.405. The normalized spacial score (nSPS) is 10.8. The smallest absolute Gasteiger partial charge is 0.296 e. The molecule has 0 spiro atoms. The van der Waals surface area contributed by atoms with Gasteiger partial charge in [-0.25, -0.2) is 9.50 Å². The number of amides is 1. The summed E-state index contributed by atoms with van der Waals surface area (Å²) in [5.74, 6) is 0.591. The number of rotatable bonds is 2. The number of nitrogens with one attached hydrogen (secondary N) is 2. The number of carbonyl (C=O) groups excluding carboxylic acids is 1. The van der Waals surface area contributed by atoms with Crippen LogP contribution in [0.15, 0.2) is 18.5 Å². The van der Waals surface area contributed by atoms with E-state index in [4.69, 9.17) is 0 Å². The van der Waals surface area contributed by atoms with Gasteiger partial charge in [0, 0.05) is 17.5 Å². The molecule has 0 unspecified atom stereocenters. The highest BCUT2D eigenvalue weighted by atomic mass is 16.2. The Balaban J connectivity index is 1.94. The Morgan fingerprint density at radius 3 is 2.95 bits per heavy atom. The largest absolute Gasteiger partial charge is 0.304 e. The molecule has 0 atom stereocenters. The molecule has 0 aliphatic heterocycles. The zero-order valence-electron chi connectivity index (χ0n) is 10.4. The molecule has 3 aromatic heterocycles. The van der Waals surface area contributed by atoms with E-state index in [2.05, 4.69) is 30.6 Å². The third kappa shape index (κ3) is 1.92. The van der Waals surface area contributed by atoms with Crippen LogP contribution < -0.4 is 5.32 Å². The van der Waals surface area contributed by atoms with Gasteiger partial charge in [0.15, 0.2) is 0 Å². The monoisotopic (exact) mass is 257 g/mol. The predicted molar refractivity (Wildman–Crippen MR) is 66.8 cm³/mol. The van der Waals surface area contributed by atoms with Crippen molar-refractivity contribution in [3.63, 3.8) is 0 Å². The first-order valence-corrected chi connectivity index (χ1v) is 5.65. The Morgan fingerprint density at radius 1 is 1.42 bits per heavy atom. The number of nitrogens with zero attached hydrogens (tertiary/aromatic N) is 5. The number of fused-ring (bicyclic) bond motifs is 1. The van der Waals surface area contributed by atoms with Crippen molar-refractivity contribution < 1.29 is 4.79 Å². The van der Waals surface area contributed by atoms with E-state index >= 15 is 0 Å². The summed E-state index contributed by atoms with van der Waals surface area (Å²) in [6.07, 6.45) is 3.25. The highest BCUT2D eigenvalue weighted by Crippen LogP contribution is 2.10. The third-order valence-electron chi connectivity index (χ3n) is 2.70. The highest BCUT2D eigenvalue weighted by Gasteiger charge is 2.15. The van der Waals surface area contributed by atoms with Crippen LogP contribution in [0, 0.1) is 13.8 Å². The number of aromatic nitrogens is 6. The van der Waals surface area contributed by atoms with Crippen LogP contribution in [-0.4, -0.2) is 35.7 Å². The lowest BCUT2D eigenvalue weighted by molar-refractivity contribution is 0.101. The molecule has 0 radical (unpaired) electrons. The maximum atomic E-state index is 12.0. The van der Waals surface area contributed by atoms with Crippen molar-refractivity contribution in [3.05, 3.63) is 35.5 Å². The Kier molecular flexibility index (Phi) is 2.48. The molecule has 96 valence electrons. The number of carbonyl (C=O) groups is 1. The van der Waals surface area contributed by atoms with Crippen molar-refractivity contribution in [3.8, 4) is 0 Å². The van der Waals surface area contributed by atoms with Crippen LogP contribution in [0.25, 0.3) is 5.78 Å². The third-order valence-corrected chi connectivity index (χ3v) is 2.70. The molecular weight excluding hydrogens is 246 g/mol. The Hall–Kier alpha value is -2.77. The molecule has 0 saturated carbocycles. The topological polar surface area (TPSA) is 101 Å². The quantitative estimate of drug-likeness (QED) is 0.704. The Morgan fingerprint density at radius 2 is 2.26 bits per heavy atom. The summed E-state index contributed by atoms with van der Waals surface area (Å²) < 4.78 is 1.52. The van der Waals surface area contributed by atoms with Gasteiger partial charge in [-0.15, -0.1) is 5.10 Å². The lowest BCUT2D eigenvalue weighted by atomic mass is 10.4. The van der Waals surface area contributed by atoms with Crippen molar-refractivity contribution in [2.24, 2.45) is 0 Å². The molecule has 8 heteroatoms. The number of anilines is 1. The summed E-state index contributed by atoms with van der Waals surface area (Å²) >= 11 is 0. The number of hydrogen-bond donors (Lipinski definition) is 2. The van der Waals surface area contributed by atoms with Crippen molar-refractivity contribution in [1.29, 1.82) is 0 Å². The summed E-state index contributed by atoms with van der Waals surface area (Å²) in [6, 6.07) is 1.79. The molecule has 0 aliphatic rings. The van der Waals surface area contributed by atoms with Crippen molar-refractivity contribution in [2.75, 3.05) is 5.32 Å². The van der Waals surface area contributed by atoms with E-state index in [0.29, 0.717) is 11.6 Å². The SMILES string of the molecule is Cc1cn[nH]c1NC(=O)c1nc2nccc(C)n2n1. The molecule has 0 aromatic carbocycles. The van der Waals surface area contributed by atoms with Crippen molar-refractivity contribution >= 4 is 17.5 Å². The standard InChI is InChI=1S/C11H11N7O/c1-6-5-13-16-8(6)14-10(19)9-15-11-12-4-3-7(2)18(11)17-9/h3-5H,1-2H3,(H2,13,14,16,19). The van der Waals surface area contributed by atoms with E-state index < -0.39 is 5.91 Å². The zero-order valence-corrected chi connectivity index (χ0v) is 10.4. The summed E-state index contributed by atoms with van der Waals surface area (Å²) in [5, 5.41) is 13.3. The molecule has 8 nitrogen and oxygen atoms in total. The fraction of sp³-hybridized carbons (Fsp3) is 0.182. The van der Waals surface area contributed by atoms with Gasteiger partial charge in [0.2, 0.25) is 5.82 Å². The second kappa shape index (κ2) is 4.16. The van der Waals surface area contributed by atoms with Crippen LogP contribution in [0.2, 0.25) is 0 Å². The molecule has 3 aromatic rings. The molecule has 0 bridgehead atoms. The molecular formula is C11H11N7O. The van der Waals surface area contributed by atoms with E-state index in [1.807, 2.05) is 13.8 Å². The first-order valence-electron chi connectivity index (χ1n) is 5.65. The maximum absolute atomic E-state index is 12.0. The molecule has 2 N–H and O–H groups in total. The highest BCUT2D eigenvalue weighted by molar-refractivity contribution is 6.01. The van der Waals surface area contributed by atoms with Crippen molar-refractivity contribution in [1.82, 2.24) is 29.8 Å². The summed E-state index contributed by atoms with van der Waals surface area (Å²) in [6.45, 7) is 3.70. The molecule has 0 aliphatic carbocycles. The lowest BCUT2D eigenvalue weighted by Gasteiger charge is -1.99. The van der Waals surface area contributed by atoms with Crippen LogP contribution in [-0.2, 0) is 0 Å². The van der Waals surface area contributed by atoms with Crippen LogP contribution in [0.3, 0.4) is 0 Å². The zero-order chi connectivity index (χ0) is 13.4. The van der Waals surface area contributed by atoms with Crippen LogP contribution in [0.1, 0.15) is 21.9 Å². The van der Waals surface area contributed by atoms with Crippen molar-refractivity contribution in [2.45, 2.75) is 13.8 Å². The lowest BCUT2D eigenvalue weighted by Crippen LogP contribution is -2.15. The fourth-order valence-corrected chi connectivity index (χ4v) is 1.64. The van der Waals surface area contributed by atoms with Gasteiger partial charge in [-0.2, -0.15) is 10.1 Å². The van der Waals surface area contributed by atoms with E-state index in [0.717, 1.165) is 11.3 Å².